The normalized spacial score (nSPS) is 12.5. The van der Waals surface area contributed by atoms with E-state index in [4.69, 9.17) is 0 Å². The predicted molar refractivity (Wildman–Crippen MR) is 423 cm³/mol. The maximum atomic E-state index is 2.68. The maximum absolute atomic E-state index is 2.68. The van der Waals surface area contributed by atoms with Crippen LogP contribution in [0.3, 0.4) is 0 Å². The van der Waals surface area contributed by atoms with Crippen LogP contribution in [0.4, 0.5) is 34.1 Å². The van der Waals surface area contributed by atoms with Crippen molar-refractivity contribution in [2.45, 2.75) is 41.5 Å². The van der Waals surface area contributed by atoms with Crippen LogP contribution in [0, 0.1) is 41.5 Å². The minimum Gasteiger partial charge on any atom is -0.310 e. The standard InChI is InChI=1S/C94H70B2N2/c1-59-55-61(3)89(62(4)56-59)95-79-45-25-29-49-83(79)97(81-47-27-23-41-71(81)67-35-15-9-16-36-67)93-77-53-52-76-86-78(54-51-75(85(77)86)87(91(93)95)73-43-21-19-39-69(73)65-31-11-7-12-32-65)94-92(88(76)74-44-22-20-40-70(74)66-33-13-8-14-34-66)96(90-63(5)57-60(2)58-64(90)6)80-46-26-30-50-84(80)98(94)82-48-28-24-42-72(82)68-37-17-10-18-38-68/h7-58H,1-6H3. The second kappa shape index (κ2) is 23.6. The summed E-state index contributed by atoms with van der Waals surface area (Å²) in [6, 6.07) is 120. The highest BCUT2D eigenvalue weighted by molar-refractivity contribution is 7.01. The van der Waals surface area contributed by atoms with E-state index in [0.29, 0.717) is 0 Å². The highest BCUT2D eigenvalue weighted by Crippen LogP contribution is 2.55. The molecule has 16 aromatic rings. The molecule has 0 saturated heterocycles. The number of anilines is 6. The quantitative estimate of drug-likeness (QED) is 0.0995. The zero-order valence-electron chi connectivity index (χ0n) is 56.1. The molecule has 0 fully saturated rings. The molecular formula is C94H70B2N2. The smallest absolute Gasteiger partial charge is 0.248 e. The van der Waals surface area contributed by atoms with E-state index in [9.17, 15) is 0 Å². The Morgan fingerprint density at radius 2 is 0.490 bits per heavy atom. The lowest BCUT2D eigenvalue weighted by molar-refractivity contribution is 1.30. The maximum Gasteiger partial charge on any atom is 0.248 e. The van der Waals surface area contributed by atoms with Crippen LogP contribution in [0.15, 0.2) is 315 Å². The van der Waals surface area contributed by atoms with Gasteiger partial charge in [0.1, 0.15) is 0 Å². The Balaban J connectivity index is 1.11. The molecule has 2 heterocycles. The molecule has 0 aliphatic carbocycles. The van der Waals surface area contributed by atoms with Gasteiger partial charge in [-0.2, -0.15) is 0 Å². The molecule has 0 unspecified atom stereocenters. The summed E-state index contributed by atoms with van der Waals surface area (Å²) in [4.78, 5) is 5.36. The molecule has 2 aliphatic rings. The first kappa shape index (κ1) is 58.8. The van der Waals surface area contributed by atoms with Crippen molar-refractivity contribution in [3.63, 3.8) is 0 Å². The Bertz CT molecular complexity index is 5430. The number of rotatable bonds is 10. The van der Waals surface area contributed by atoms with E-state index < -0.39 is 0 Å². The number of aryl methyl sites for hydroxylation is 6. The summed E-state index contributed by atoms with van der Waals surface area (Å²) in [7, 11) is 0. The number of benzene rings is 16. The molecule has 0 N–H and O–H groups in total. The molecule has 0 spiro atoms. The van der Waals surface area contributed by atoms with Gasteiger partial charge in [0.05, 0.1) is 11.4 Å². The summed E-state index contributed by atoms with van der Waals surface area (Å²) in [5, 5.41) is 7.33. The summed E-state index contributed by atoms with van der Waals surface area (Å²) in [5.74, 6) is 0. The summed E-state index contributed by atoms with van der Waals surface area (Å²) in [6.45, 7) is 13.5. The third-order valence-corrected chi connectivity index (χ3v) is 21.3. The van der Waals surface area contributed by atoms with Crippen LogP contribution in [0.1, 0.15) is 33.4 Å². The third kappa shape index (κ3) is 9.19. The van der Waals surface area contributed by atoms with Gasteiger partial charge in [0.15, 0.2) is 0 Å². The molecule has 2 aliphatic heterocycles. The van der Waals surface area contributed by atoms with E-state index in [-0.39, 0.29) is 13.4 Å². The molecule has 0 bridgehead atoms. The largest absolute Gasteiger partial charge is 0.310 e. The first-order valence-electron chi connectivity index (χ1n) is 34.6. The molecule has 0 saturated carbocycles. The van der Waals surface area contributed by atoms with Crippen molar-refractivity contribution in [1.82, 2.24) is 0 Å². The Kier molecular flexibility index (Phi) is 14.2. The Hall–Kier alpha value is -11.7. The van der Waals surface area contributed by atoms with Crippen molar-refractivity contribution in [2.75, 3.05) is 9.80 Å². The van der Waals surface area contributed by atoms with Crippen molar-refractivity contribution >= 4 is 113 Å². The zero-order valence-corrected chi connectivity index (χ0v) is 56.1. The molecule has 462 valence electrons. The molecule has 18 rings (SSSR count). The first-order chi connectivity index (χ1) is 48.2. The van der Waals surface area contributed by atoms with Crippen molar-refractivity contribution in [1.29, 1.82) is 0 Å². The first-order valence-corrected chi connectivity index (χ1v) is 34.6. The van der Waals surface area contributed by atoms with Gasteiger partial charge in [0, 0.05) is 55.4 Å². The van der Waals surface area contributed by atoms with Crippen molar-refractivity contribution in [2.24, 2.45) is 0 Å². The van der Waals surface area contributed by atoms with E-state index >= 15 is 0 Å². The lowest BCUT2D eigenvalue weighted by atomic mass is 9.32. The van der Waals surface area contributed by atoms with Crippen LogP contribution in [-0.4, -0.2) is 13.4 Å². The van der Waals surface area contributed by atoms with Gasteiger partial charge in [0.2, 0.25) is 13.4 Å². The SMILES string of the molecule is Cc1cc(C)c(B2c3ccccc3N(c3ccccc3-c3ccccc3)c3c2c(-c2ccccc2-c2ccccc2)c2ccc4c5c(c(-c6ccccc6-c6ccccc6)c6ccc3c2c64)B(c2c(C)cc(C)cc2C)c2ccccc2N5c2ccccc2-c2ccccc2)c(C)c1. The molecule has 0 atom stereocenters. The fraction of sp³-hybridized carbons (Fsp3) is 0.0638. The average molecular weight is 1250 g/mol. The minimum atomic E-state index is -0.174. The summed E-state index contributed by atoms with van der Waals surface area (Å²) in [5.41, 5.74) is 36.8. The van der Waals surface area contributed by atoms with Gasteiger partial charge in [-0.05, 0) is 154 Å². The highest BCUT2D eigenvalue weighted by Gasteiger charge is 2.45. The predicted octanol–water partition coefficient (Wildman–Crippen LogP) is 21.0. The lowest BCUT2D eigenvalue weighted by Gasteiger charge is -2.42. The molecule has 2 nitrogen and oxygen atoms in total. The average Bonchev–Trinajstić information content (AvgIpc) is 0.673. The van der Waals surface area contributed by atoms with E-state index in [0.717, 1.165) is 11.4 Å². The second-order valence-electron chi connectivity index (χ2n) is 27.2. The topological polar surface area (TPSA) is 6.48 Å². The van der Waals surface area contributed by atoms with E-state index in [2.05, 4.69) is 367 Å². The van der Waals surface area contributed by atoms with E-state index in [1.54, 1.807) is 0 Å². The van der Waals surface area contributed by atoms with Gasteiger partial charge >= 0.3 is 0 Å². The monoisotopic (exact) mass is 1250 g/mol. The minimum absolute atomic E-state index is 0.174. The van der Waals surface area contributed by atoms with Crippen LogP contribution in [0.5, 0.6) is 0 Å². The Morgan fingerprint density at radius 3 is 0.837 bits per heavy atom. The summed E-state index contributed by atoms with van der Waals surface area (Å²) in [6.07, 6.45) is 0. The van der Waals surface area contributed by atoms with Crippen LogP contribution in [0.2, 0.25) is 0 Å². The van der Waals surface area contributed by atoms with Gasteiger partial charge in [-0.15, -0.1) is 0 Å². The third-order valence-electron chi connectivity index (χ3n) is 21.3. The molecule has 0 aromatic heterocycles. The fourth-order valence-electron chi connectivity index (χ4n) is 17.8. The molecule has 98 heavy (non-hydrogen) atoms. The number of nitrogens with zero attached hydrogens (tertiary/aromatic N) is 2. The fourth-order valence-corrected chi connectivity index (χ4v) is 17.8. The van der Waals surface area contributed by atoms with Gasteiger partial charge < -0.3 is 9.80 Å². The van der Waals surface area contributed by atoms with Gasteiger partial charge in [-0.3, -0.25) is 0 Å². The summed E-state index contributed by atoms with van der Waals surface area (Å²) < 4.78 is 0. The molecule has 4 heteroatoms. The lowest BCUT2D eigenvalue weighted by Crippen LogP contribution is -2.59. The molecular weight excluding hydrogens is 1180 g/mol. The molecule has 16 aromatic carbocycles. The van der Waals surface area contributed by atoms with Gasteiger partial charge in [-0.25, -0.2) is 0 Å². The number of hydrogen-bond acceptors (Lipinski definition) is 2. The van der Waals surface area contributed by atoms with Crippen LogP contribution in [0.25, 0.3) is 99.1 Å². The second-order valence-corrected chi connectivity index (χ2v) is 27.2. The van der Waals surface area contributed by atoms with Crippen LogP contribution in [-0.2, 0) is 0 Å². The van der Waals surface area contributed by atoms with E-state index in [1.165, 1.54) is 188 Å². The van der Waals surface area contributed by atoms with E-state index in [1.807, 2.05) is 0 Å². The van der Waals surface area contributed by atoms with Gasteiger partial charge in [0.25, 0.3) is 0 Å². The zero-order chi connectivity index (χ0) is 65.9. The number of hydrogen-bond donors (Lipinski definition) is 0. The number of para-hydroxylation sites is 4. The van der Waals surface area contributed by atoms with Crippen LogP contribution < -0.4 is 42.6 Å². The molecule has 0 radical (unpaired) electrons. The van der Waals surface area contributed by atoms with Crippen molar-refractivity contribution in [3.8, 4) is 66.8 Å². The summed E-state index contributed by atoms with van der Waals surface area (Å²) >= 11 is 0. The highest BCUT2D eigenvalue weighted by atomic mass is 15.2. The Labute approximate surface area is 575 Å². The van der Waals surface area contributed by atoms with Crippen molar-refractivity contribution < 1.29 is 0 Å². The number of fused-ring (bicyclic) bond motifs is 6. The van der Waals surface area contributed by atoms with Crippen molar-refractivity contribution in [3.05, 3.63) is 349 Å². The van der Waals surface area contributed by atoms with Crippen LogP contribution >= 0.6 is 0 Å². The van der Waals surface area contributed by atoms with Gasteiger partial charge in [-0.1, -0.05) is 335 Å². The molecule has 0 amide bonds. The Morgan fingerprint density at radius 1 is 0.224 bits per heavy atom.